The van der Waals surface area contributed by atoms with Gasteiger partial charge in [-0.2, -0.15) is 10.4 Å². The number of aromatic nitrogens is 3. The maximum atomic E-state index is 12.2. The fourth-order valence-electron chi connectivity index (χ4n) is 3.93. The second-order valence-electron chi connectivity index (χ2n) is 8.65. The molecule has 2 aromatic rings. The predicted octanol–water partition coefficient (Wildman–Crippen LogP) is 1.74. The van der Waals surface area contributed by atoms with Gasteiger partial charge in [-0.3, -0.25) is 9.59 Å². The first-order valence-corrected chi connectivity index (χ1v) is 10.3. The van der Waals surface area contributed by atoms with Crippen molar-refractivity contribution >= 4 is 23.2 Å². The monoisotopic (exact) mass is 443 g/mol. The molecule has 0 spiro atoms. The van der Waals surface area contributed by atoms with Crippen molar-refractivity contribution in [3.63, 3.8) is 0 Å². The molecular weight excluding hydrogens is 418 g/mol. The number of nitrogens with zero attached hydrogens (tertiary/aromatic N) is 4. The Bertz CT molecular complexity index is 1110. The van der Waals surface area contributed by atoms with Gasteiger partial charge in [0, 0.05) is 12.8 Å². The third-order valence-corrected chi connectivity index (χ3v) is 5.44. The number of anilines is 1. The number of nitrogens with one attached hydrogen (secondary N) is 1. The molecule has 170 valence electrons. The van der Waals surface area contributed by atoms with Crippen LogP contribution in [0.2, 0.25) is 0 Å². The zero-order valence-electron chi connectivity index (χ0n) is 18.5. The van der Waals surface area contributed by atoms with Crippen LogP contribution in [-0.4, -0.2) is 56.7 Å². The summed E-state index contributed by atoms with van der Waals surface area (Å²) in [7, 11) is 0. The van der Waals surface area contributed by atoms with Gasteiger partial charge in [-0.25, -0.2) is 9.50 Å². The first kappa shape index (κ1) is 22.1. The Kier molecular flexibility index (Phi) is 5.40. The first-order valence-electron chi connectivity index (χ1n) is 10.3. The first-order chi connectivity index (χ1) is 15.1. The average Bonchev–Trinajstić information content (AvgIpc) is 3.37. The van der Waals surface area contributed by atoms with Crippen LogP contribution in [0.5, 0.6) is 0 Å². The molecule has 2 fully saturated rings. The maximum Gasteiger partial charge on any atom is 0.302 e. The quantitative estimate of drug-likeness (QED) is 0.685. The van der Waals surface area contributed by atoms with Gasteiger partial charge in [0.25, 0.3) is 0 Å². The van der Waals surface area contributed by atoms with Crippen molar-refractivity contribution in [1.82, 2.24) is 14.6 Å². The minimum Gasteiger partial charge on any atom is -0.462 e. The Morgan fingerprint density at radius 2 is 2.06 bits per heavy atom. The van der Waals surface area contributed by atoms with Crippen molar-refractivity contribution in [3.8, 4) is 6.07 Å². The molecule has 0 aliphatic carbocycles. The Morgan fingerprint density at radius 1 is 1.31 bits per heavy atom. The van der Waals surface area contributed by atoms with Crippen LogP contribution in [-0.2, 0) is 28.5 Å². The molecule has 4 heterocycles. The lowest BCUT2D eigenvalue weighted by Crippen LogP contribution is -2.46. The van der Waals surface area contributed by atoms with Gasteiger partial charge < -0.3 is 24.3 Å². The topological polar surface area (TPSA) is 137 Å². The highest BCUT2D eigenvalue weighted by Gasteiger charge is 2.65. The van der Waals surface area contributed by atoms with E-state index >= 15 is 0 Å². The molecule has 0 aromatic carbocycles. The van der Waals surface area contributed by atoms with Crippen LogP contribution >= 0.6 is 0 Å². The van der Waals surface area contributed by atoms with Crippen molar-refractivity contribution in [2.45, 2.75) is 64.3 Å². The summed E-state index contributed by atoms with van der Waals surface area (Å²) in [4.78, 5) is 27.8. The summed E-state index contributed by atoms with van der Waals surface area (Å²) in [5.74, 6) is -1.54. The highest BCUT2D eigenvalue weighted by Crippen LogP contribution is 2.50. The molecule has 0 unspecified atom stereocenters. The summed E-state index contributed by atoms with van der Waals surface area (Å²) in [5, 5.41) is 17.1. The molecule has 2 saturated heterocycles. The Balaban J connectivity index is 1.74. The number of esters is 1. The van der Waals surface area contributed by atoms with Gasteiger partial charge in [0.1, 0.15) is 42.8 Å². The molecule has 32 heavy (non-hydrogen) atoms. The standard InChI is InChI=1S/C21H25N5O6/c1-11(2)19(28)25-18-14-7-6-13(26(14)24-10-23-18)15-16-17(32-20(4,5)30-16)21(8-22,31-15)9-29-12(3)27/h6-7,10-11,15-17H,9H2,1-5H3,(H,23,24,25,28)/t15-,16-,17-,21+/m0/s1. The van der Waals surface area contributed by atoms with Gasteiger partial charge in [0.05, 0.1) is 5.69 Å². The SMILES string of the molecule is CC(=O)OC[C@@]1(C#N)O[C@@H](c2ccc3c(NC(=O)C(C)C)ncnn23)[C@@H]2OC(C)(C)O[C@@H]21. The highest BCUT2D eigenvalue weighted by molar-refractivity contribution is 5.94. The zero-order chi connectivity index (χ0) is 23.3. The zero-order valence-corrected chi connectivity index (χ0v) is 18.5. The van der Waals surface area contributed by atoms with Gasteiger partial charge in [0.2, 0.25) is 11.5 Å². The molecule has 2 aromatic heterocycles. The third-order valence-electron chi connectivity index (χ3n) is 5.44. The van der Waals surface area contributed by atoms with Gasteiger partial charge in [0.15, 0.2) is 11.6 Å². The lowest BCUT2D eigenvalue weighted by atomic mass is 9.96. The number of hydrogen-bond acceptors (Lipinski definition) is 9. The van der Waals surface area contributed by atoms with Crippen molar-refractivity contribution in [2.24, 2.45) is 5.92 Å². The second-order valence-corrected chi connectivity index (χ2v) is 8.65. The highest BCUT2D eigenvalue weighted by atomic mass is 16.8. The lowest BCUT2D eigenvalue weighted by molar-refractivity contribution is -0.207. The van der Waals surface area contributed by atoms with Crippen molar-refractivity contribution < 1.29 is 28.5 Å². The van der Waals surface area contributed by atoms with E-state index in [1.54, 1.807) is 44.3 Å². The normalized spacial score (nSPS) is 28.5. The number of fused-ring (bicyclic) bond motifs is 2. The van der Waals surface area contributed by atoms with Crippen molar-refractivity contribution in [2.75, 3.05) is 11.9 Å². The number of rotatable bonds is 5. The molecule has 4 atom stereocenters. The van der Waals surface area contributed by atoms with Gasteiger partial charge in [-0.1, -0.05) is 13.8 Å². The minimum absolute atomic E-state index is 0.176. The predicted molar refractivity (Wildman–Crippen MR) is 109 cm³/mol. The number of ether oxygens (including phenoxy) is 4. The summed E-state index contributed by atoms with van der Waals surface area (Å²) in [5.41, 5.74) is -0.413. The fraction of sp³-hybridized carbons (Fsp3) is 0.571. The summed E-state index contributed by atoms with van der Waals surface area (Å²) < 4.78 is 25.0. The van der Waals surface area contributed by atoms with E-state index in [1.807, 2.05) is 0 Å². The molecule has 2 aliphatic rings. The minimum atomic E-state index is -1.55. The lowest BCUT2D eigenvalue weighted by Gasteiger charge is -2.28. The molecule has 1 amide bonds. The van der Waals surface area contributed by atoms with Crippen LogP contribution in [0.25, 0.3) is 5.52 Å². The van der Waals surface area contributed by atoms with E-state index in [-0.39, 0.29) is 18.4 Å². The van der Waals surface area contributed by atoms with Gasteiger partial charge in [-0.05, 0) is 26.0 Å². The van der Waals surface area contributed by atoms with Gasteiger partial charge >= 0.3 is 5.97 Å². The summed E-state index contributed by atoms with van der Waals surface area (Å²) in [6.07, 6.45) is -0.866. The fourth-order valence-corrected chi connectivity index (χ4v) is 3.93. The molecule has 4 rings (SSSR count). The van der Waals surface area contributed by atoms with Crippen LogP contribution in [0.3, 0.4) is 0 Å². The van der Waals surface area contributed by atoms with Crippen LogP contribution < -0.4 is 5.32 Å². The smallest absolute Gasteiger partial charge is 0.302 e. The molecule has 0 bridgehead atoms. The number of hydrogen-bond donors (Lipinski definition) is 1. The number of carbonyl (C=O) groups is 2. The van der Waals surface area contributed by atoms with E-state index in [1.165, 1.54) is 13.3 Å². The van der Waals surface area contributed by atoms with Crippen LogP contribution in [0.15, 0.2) is 18.5 Å². The maximum absolute atomic E-state index is 12.2. The molecule has 0 radical (unpaired) electrons. The molecule has 11 nitrogen and oxygen atoms in total. The molecular formula is C21H25N5O6. The average molecular weight is 443 g/mol. The van der Waals surface area contributed by atoms with Crippen LogP contribution in [0.1, 0.15) is 46.4 Å². The molecule has 11 heteroatoms. The van der Waals surface area contributed by atoms with E-state index in [9.17, 15) is 14.9 Å². The number of amides is 1. The number of nitriles is 1. The van der Waals surface area contributed by atoms with Crippen molar-refractivity contribution in [3.05, 3.63) is 24.2 Å². The van der Waals surface area contributed by atoms with E-state index in [0.717, 1.165) is 0 Å². The number of carbonyl (C=O) groups excluding carboxylic acids is 2. The Hall–Kier alpha value is -3.07. The van der Waals surface area contributed by atoms with E-state index < -0.39 is 35.7 Å². The third kappa shape index (κ3) is 3.70. The second kappa shape index (κ2) is 7.81. The largest absolute Gasteiger partial charge is 0.462 e. The van der Waals surface area contributed by atoms with Crippen LogP contribution in [0, 0.1) is 17.2 Å². The van der Waals surface area contributed by atoms with E-state index in [0.29, 0.717) is 17.0 Å². The molecule has 2 aliphatic heterocycles. The Morgan fingerprint density at radius 3 is 2.72 bits per heavy atom. The van der Waals surface area contributed by atoms with E-state index in [4.69, 9.17) is 18.9 Å². The van der Waals surface area contributed by atoms with Crippen LogP contribution in [0.4, 0.5) is 5.82 Å². The summed E-state index contributed by atoms with van der Waals surface area (Å²) in [6.45, 7) is 8.02. The van der Waals surface area contributed by atoms with Gasteiger partial charge in [-0.15, -0.1) is 0 Å². The summed E-state index contributed by atoms with van der Waals surface area (Å²) in [6, 6.07) is 5.65. The van der Waals surface area contributed by atoms with E-state index in [2.05, 4.69) is 21.5 Å². The molecule has 1 N–H and O–H groups in total. The van der Waals surface area contributed by atoms with Crippen molar-refractivity contribution in [1.29, 1.82) is 5.26 Å². The summed E-state index contributed by atoms with van der Waals surface area (Å²) >= 11 is 0. The Labute approximate surface area is 184 Å². The molecule has 0 saturated carbocycles.